The molecular formula is C10H12ClF3Si. The summed E-state index contributed by atoms with van der Waals surface area (Å²) in [6.45, 7) is 5.64. The molecule has 1 rings (SSSR count). The Labute approximate surface area is 93.1 Å². The van der Waals surface area contributed by atoms with E-state index in [1.807, 2.05) is 19.6 Å². The summed E-state index contributed by atoms with van der Waals surface area (Å²) in [6.07, 6.45) is -4.32. The standard InChI is InChI=1S/C10H12ClF3Si/c1-15(2,3)9-5-4-7(11)6-8(9)10(12,13)14/h4-6H,1-3H3. The van der Waals surface area contributed by atoms with E-state index in [0.29, 0.717) is 5.19 Å². The highest BCUT2D eigenvalue weighted by atomic mass is 35.5. The number of rotatable bonds is 1. The minimum atomic E-state index is -4.32. The van der Waals surface area contributed by atoms with E-state index in [-0.39, 0.29) is 5.02 Å². The number of halogens is 4. The van der Waals surface area contributed by atoms with Crippen LogP contribution < -0.4 is 5.19 Å². The van der Waals surface area contributed by atoms with Gasteiger partial charge in [-0.3, -0.25) is 0 Å². The van der Waals surface area contributed by atoms with E-state index in [9.17, 15) is 13.2 Å². The summed E-state index contributed by atoms with van der Waals surface area (Å²) >= 11 is 5.59. The fourth-order valence-electron chi connectivity index (χ4n) is 1.41. The molecule has 1 aromatic carbocycles. The number of hydrogen-bond donors (Lipinski definition) is 0. The first kappa shape index (κ1) is 12.6. The Morgan fingerprint density at radius 1 is 1.13 bits per heavy atom. The van der Waals surface area contributed by atoms with Gasteiger partial charge in [-0.1, -0.05) is 37.3 Å². The number of hydrogen-bond acceptors (Lipinski definition) is 0. The van der Waals surface area contributed by atoms with Gasteiger partial charge in [0.25, 0.3) is 0 Å². The lowest BCUT2D eigenvalue weighted by Gasteiger charge is -2.22. The summed E-state index contributed by atoms with van der Waals surface area (Å²) in [6, 6.07) is 4.02. The molecule has 5 heteroatoms. The Morgan fingerprint density at radius 3 is 2.07 bits per heavy atom. The molecule has 84 valence electrons. The lowest BCUT2D eigenvalue weighted by molar-refractivity contribution is -0.136. The Hall–Kier alpha value is -0.483. The van der Waals surface area contributed by atoms with Crippen LogP contribution in [0.25, 0.3) is 0 Å². The zero-order valence-electron chi connectivity index (χ0n) is 8.74. The maximum absolute atomic E-state index is 12.7. The second kappa shape index (κ2) is 3.83. The van der Waals surface area contributed by atoms with E-state index in [2.05, 4.69) is 0 Å². The van der Waals surface area contributed by atoms with Gasteiger partial charge in [-0.15, -0.1) is 0 Å². The fraction of sp³-hybridized carbons (Fsp3) is 0.400. The minimum absolute atomic E-state index is 0.129. The summed E-state index contributed by atoms with van der Waals surface area (Å²) in [4.78, 5) is 0. The Bertz CT molecular complexity index is 366. The van der Waals surface area contributed by atoms with Crippen molar-refractivity contribution >= 4 is 24.9 Å². The minimum Gasteiger partial charge on any atom is -0.166 e. The van der Waals surface area contributed by atoms with Crippen molar-refractivity contribution < 1.29 is 13.2 Å². The van der Waals surface area contributed by atoms with Crippen LogP contribution in [0.1, 0.15) is 5.56 Å². The predicted octanol–water partition coefficient (Wildman–Crippen LogP) is 3.90. The van der Waals surface area contributed by atoms with E-state index < -0.39 is 19.8 Å². The molecular weight excluding hydrogens is 241 g/mol. The lowest BCUT2D eigenvalue weighted by Crippen LogP contribution is -2.42. The van der Waals surface area contributed by atoms with Gasteiger partial charge in [0.15, 0.2) is 0 Å². The van der Waals surface area contributed by atoms with E-state index >= 15 is 0 Å². The third-order valence-electron chi connectivity index (χ3n) is 2.10. The molecule has 15 heavy (non-hydrogen) atoms. The van der Waals surface area contributed by atoms with Crippen LogP contribution in [-0.4, -0.2) is 8.07 Å². The molecule has 1 aromatic rings. The first-order valence-electron chi connectivity index (χ1n) is 4.49. The molecule has 0 aliphatic rings. The van der Waals surface area contributed by atoms with Crippen LogP contribution in [-0.2, 0) is 6.18 Å². The van der Waals surface area contributed by atoms with Crippen molar-refractivity contribution in [1.82, 2.24) is 0 Å². The normalized spacial score (nSPS) is 13.0. The Morgan fingerprint density at radius 2 is 1.67 bits per heavy atom. The quantitative estimate of drug-likeness (QED) is 0.665. The molecule has 0 bridgehead atoms. The topological polar surface area (TPSA) is 0 Å². The molecule has 0 saturated heterocycles. The van der Waals surface area contributed by atoms with Gasteiger partial charge in [-0.2, -0.15) is 13.2 Å². The molecule has 0 heterocycles. The average molecular weight is 253 g/mol. The van der Waals surface area contributed by atoms with Crippen LogP contribution in [0, 0.1) is 0 Å². The van der Waals surface area contributed by atoms with Gasteiger partial charge in [0.1, 0.15) is 0 Å². The lowest BCUT2D eigenvalue weighted by atomic mass is 10.2. The van der Waals surface area contributed by atoms with Gasteiger partial charge < -0.3 is 0 Å². The van der Waals surface area contributed by atoms with Crippen molar-refractivity contribution in [2.75, 3.05) is 0 Å². The zero-order chi connectivity index (χ0) is 11.9. The summed E-state index contributed by atoms with van der Waals surface area (Å²) in [5.41, 5.74) is -0.589. The van der Waals surface area contributed by atoms with Crippen molar-refractivity contribution in [3.8, 4) is 0 Å². The molecule has 0 aromatic heterocycles. The van der Waals surface area contributed by atoms with Crippen LogP contribution in [0.2, 0.25) is 24.7 Å². The maximum Gasteiger partial charge on any atom is 0.416 e. The molecule has 0 atom stereocenters. The highest BCUT2D eigenvalue weighted by Crippen LogP contribution is 2.31. The molecule has 0 saturated carbocycles. The fourth-order valence-corrected chi connectivity index (χ4v) is 3.18. The molecule has 0 radical (unpaired) electrons. The SMILES string of the molecule is C[Si](C)(C)c1ccc(Cl)cc1C(F)(F)F. The third-order valence-corrected chi connectivity index (χ3v) is 4.38. The highest BCUT2D eigenvalue weighted by Gasteiger charge is 2.36. The van der Waals surface area contributed by atoms with Gasteiger partial charge in [0, 0.05) is 5.02 Å². The molecule has 0 nitrogen and oxygen atoms in total. The van der Waals surface area contributed by atoms with Crippen molar-refractivity contribution in [2.45, 2.75) is 25.8 Å². The summed E-state index contributed by atoms with van der Waals surface area (Å²) in [5, 5.41) is 0.531. The molecule has 0 N–H and O–H groups in total. The van der Waals surface area contributed by atoms with E-state index in [1.165, 1.54) is 12.1 Å². The van der Waals surface area contributed by atoms with Crippen molar-refractivity contribution in [3.05, 3.63) is 28.8 Å². The van der Waals surface area contributed by atoms with Crippen LogP contribution in [0.15, 0.2) is 18.2 Å². The smallest absolute Gasteiger partial charge is 0.166 e. The first-order valence-corrected chi connectivity index (χ1v) is 8.37. The van der Waals surface area contributed by atoms with Gasteiger partial charge in [0.05, 0.1) is 13.6 Å². The van der Waals surface area contributed by atoms with Gasteiger partial charge in [-0.25, -0.2) is 0 Å². The number of benzene rings is 1. The third kappa shape index (κ3) is 2.98. The summed E-state index contributed by atoms with van der Waals surface area (Å²) < 4.78 is 38.2. The van der Waals surface area contributed by atoms with E-state index in [1.54, 1.807) is 0 Å². The predicted molar refractivity (Wildman–Crippen MR) is 59.4 cm³/mol. The largest absolute Gasteiger partial charge is 0.416 e. The summed E-state index contributed by atoms with van der Waals surface area (Å²) in [7, 11) is -1.99. The van der Waals surface area contributed by atoms with Crippen LogP contribution in [0.5, 0.6) is 0 Å². The molecule has 0 amide bonds. The van der Waals surface area contributed by atoms with Gasteiger partial charge in [-0.05, 0) is 17.3 Å². The van der Waals surface area contributed by atoms with Crippen LogP contribution in [0.4, 0.5) is 13.2 Å². The van der Waals surface area contributed by atoms with E-state index in [4.69, 9.17) is 11.6 Å². The van der Waals surface area contributed by atoms with E-state index in [0.717, 1.165) is 6.07 Å². The van der Waals surface area contributed by atoms with Crippen LogP contribution >= 0.6 is 11.6 Å². The van der Waals surface area contributed by atoms with Crippen molar-refractivity contribution in [1.29, 1.82) is 0 Å². The Kier molecular flexibility index (Phi) is 3.21. The highest BCUT2D eigenvalue weighted by molar-refractivity contribution is 6.89. The van der Waals surface area contributed by atoms with Gasteiger partial charge >= 0.3 is 6.18 Å². The molecule has 0 aliphatic carbocycles. The molecule has 0 spiro atoms. The van der Waals surface area contributed by atoms with Gasteiger partial charge in [0.2, 0.25) is 0 Å². The van der Waals surface area contributed by atoms with Crippen molar-refractivity contribution in [3.63, 3.8) is 0 Å². The zero-order valence-corrected chi connectivity index (χ0v) is 10.5. The van der Waals surface area contributed by atoms with Crippen molar-refractivity contribution in [2.24, 2.45) is 0 Å². The Balaban J connectivity index is 3.41. The molecule has 0 unspecified atom stereocenters. The molecule has 0 aliphatic heterocycles. The summed E-state index contributed by atoms with van der Waals surface area (Å²) in [5.74, 6) is 0. The first-order chi connectivity index (χ1) is 6.62. The maximum atomic E-state index is 12.7. The monoisotopic (exact) mass is 252 g/mol. The second-order valence-electron chi connectivity index (χ2n) is 4.44. The molecule has 0 fully saturated rings. The second-order valence-corrected chi connectivity index (χ2v) is 9.91. The average Bonchev–Trinajstić information content (AvgIpc) is 2.00. The number of alkyl halides is 3. The van der Waals surface area contributed by atoms with Crippen LogP contribution in [0.3, 0.4) is 0 Å².